The third-order valence-corrected chi connectivity index (χ3v) is 1.93. The van der Waals surface area contributed by atoms with Crippen molar-refractivity contribution < 1.29 is 0 Å². The maximum Gasteiger partial charge on any atom is -0.0763 e. The molecule has 2 rings (SSSR count). The molecule has 0 saturated heterocycles. The van der Waals surface area contributed by atoms with Crippen molar-refractivity contribution in [2.75, 3.05) is 0 Å². The average Bonchev–Trinajstić information content (AvgIpc) is 2.22. The van der Waals surface area contributed by atoms with Crippen LogP contribution in [0.25, 0.3) is 0 Å². The van der Waals surface area contributed by atoms with Crippen molar-refractivity contribution in [2.24, 2.45) is 11.8 Å². The van der Waals surface area contributed by atoms with Crippen molar-refractivity contribution in [3.63, 3.8) is 0 Å². The normalized spacial score (nSPS) is 45.7. The van der Waals surface area contributed by atoms with Crippen LogP contribution in [0.2, 0.25) is 0 Å². The SMILES string of the molecule is C1=CC2[CH-]C1CC2. The Labute approximate surface area is 44.2 Å². The summed E-state index contributed by atoms with van der Waals surface area (Å²) in [6, 6.07) is 0. The van der Waals surface area contributed by atoms with Gasteiger partial charge >= 0.3 is 0 Å². The van der Waals surface area contributed by atoms with Gasteiger partial charge < -0.3 is 6.42 Å². The van der Waals surface area contributed by atoms with E-state index in [9.17, 15) is 0 Å². The molecule has 1 fully saturated rings. The van der Waals surface area contributed by atoms with Crippen LogP contribution in [-0.4, -0.2) is 0 Å². The lowest BCUT2D eigenvalue weighted by atomic mass is 10.1. The summed E-state index contributed by atoms with van der Waals surface area (Å²) in [5, 5.41) is 0. The molecule has 2 atom stereocenters. The fraction of sp³-hybridized carbons (Fsp3) is 0.571. The first-order valence-corrected chi connectivity index (χ1v) is 2.98. The van der Waals surface area contributed by atoms with Crippen molar-refractivity contribution in [3.8, 4) is 0 Å². The van der Waals surface area contributed by atoms with Gasteiger partial charge in [-0.05, 0) is 0 Å². The molecular formula is C7H9-. The summed E-state index contributed by atoms with van der Waals surface area (Å²) < 4.78 is 0. The van der Waals surface area contributed by atoms with E-state index in [0.717, 1.165) is 11.8 Å². The summed E-state index contributed by atoms with van der Waals surface area (Å²) in [7, 11) is 0. The summed E-state index contributed by atoms with van der Waals surface area (Å²) in [6.07, 6.45) is 9.94. The van der Waals surface area contributed by atoms with Crippen LogP contribution in [0.4, 0.5) is 0 Å². The second-order valence-electron chi connectivity index (χ2n) is 2.48. The molecule has 0 spiro atoms. The van der Waals surface area contributed by atoms with Crippen LogP contribution in [0.15, 0.2) is 12.2 Å². The molecule has 38 valence electrons. The van der Waals surface area contributed by atoms with Gasteiger partial charge in [0, 0.05) is 0 Å². The number of hydrogen-bond donors (Lipinski definition) is 0. The van der Waals surface area contributed by atoms with E-state index in [0.29, 0.717) is 0 Å². The zero-order valence-electron chi connectivity index (χ0n) is 4.30. The van der Waals surface area contributed by atoms with Gasteiger partial charge in [0.25, 0.3) is 0 Å². The summed E-state index contributed by atoms with van der Waals surface area (Å²) in [5.41, 5.74) is 0. The second kappa shape index (κ2) is 1.12. The maximum absolute atomic E-state index is 2.44. The third kappa shape index (κ3) is 0.425. The summed E-state index contributed by atoms with van der Waals surface area (Å²) in [4.78, 5) is 0. The van der Waals surface area contributed by atoms with Crippen LogP contribution in [0.5, 0.6) is 0 Å². The Morgan fingerprint density at radius 3 is 1.86 bits per heavy atom. The van der Waals surface area contributed by atoms with Gasteiger partial charge in [-0.2, -0.15) is 0 Å². The quantitative estimate of drug-likeness (QED) is 0.316. The molecule has 0 amide bonds. The van der Waals surface area contributed by atoms with Crippen molar-refractivity contribution >= 4 is 0 Å². The van der Waals surface area contributed by atoms with Crippen LogP contribution >= 0.6 is 0 Å². The highest BCUT2D eigenvalue weighted by Crippen LogP contribution is 2.37. The molecule has 0 aliphatic heterocycles. The summed E-state index contributed by atoms with van der Waals surface area (Å²) in [5.74, 6) is 1.73. The number of fused-ring (bicyclic) bond motifs is 2. The first-order chi connectivity index (χ1) is 3.45. The first-order valence-electron chi connectivity index (χ1n) is 2.98. The molecule has 0 aromatic carbocycles. The predicted octanol–water partition coefficient (Wildman–Crippen LogP) is 1.79. The minimum absolute atomic E-state index is 0.866. The lowest BCUT2D eigenvalue weighted by molar-refractivity contribution is 0.705. The zero-order chi connectivity index (χ0) is 4.69. The van der Waals surface area contributed by atoms with Gasteiger partial charge in [0.15, 0.2) is 0 Å². The molecule has 0 heterocycles. The topological polar surface area (TPSA) is 0 Å². The van der Waals surface area contributed by atoms with E-state index in [2.05, 4.69) is 18.6 Å². The standard InChI is InChI=1S/C7H9/c1-2-7-4-3-6(1)5-7/h1-2,5-7H,3-4H2/q-1. The highest BCUT2D eigenvalue weighted by Gasteiger charge is 2.14. The Morgan fingerprint density at radius 2 is 1.71 bits per heavy atom. The van der Waals surface area contributed by atoms with E-state index in [-0.39, 0.29) is 0 Å². The minimum Gasteiger partial charge on any atom is -0.315 e. The molecule has 2 unspecified atom stereocenters. The number of allylic oxidation sites excluding steroid dienone is 2. The van der Waals surface area contributed by atoms with Gasteiger partial charge in [0.05, 0.1) is 0 Å². The monoisotopic (exact) mass is 93.1 g/mol. The molecule has 2 aliphatic rings. The largest absolute Gasteiger partial charge is 0.315 e. The van der Waals surface area contributed by atoms with Gasteiger partial charge in [-0.25, -0.2) is 0 Å². The predicted molar refractivity (Wildman–Crippen MR) is 29.7 cm³/mol. The van der Waals surface area contributed by atoms with Gasteiger partial charge in [-0.1, -0.05) is 12.8 Å². The van der Waals surface area contributed by atoms with Crippen molar-refractivity contribution in [1.29, 1.82) is 0 Å². The molecule has 0 aromatic rings. The van der Waals surface area contributed by atoms with Gasteiger partial charge in [0.1, 0.15) is 0 Å². The molecular weight excluding hydrogens is 84.1 g/mol. The molecule has 2 bridgehead atoms. The lowest BCUT2D eigenvalue weighted by Gasteiger charge is -2.03. The van der Waals surface area contributed by atoms with E-state index in [1.807, 2.05) is 0 Å². The van der Waals surface area contributed by atoms with Crippen molar-refractivity contribution in [2.45, 2.75) is 12.8 Å². The van der Waals surface area contributed by atoms with Crippen molar-refractivity contribution in [3.05, 3.63) is 18.6 Å². The van der Waals surface area contributed by atoms with E-state index < -0.39 is 0 Å². The van der Waals surface area contributed by atoms with E-state index in [1.165, 1.54) is 12.8 Å². The summed E-state index contributed by atoms with van der Waals surface area (Å²) >= 11 is 0. The molecule has 0 aromatic heterocycles. The molecule has 2 aliphatic carbocycles. The van der Waals surface area contributed by atoms with E-state index >= 15 is 0 Å². The maximum atomic E-state index is 2.44. The molecule has 0 heteroatoms. The average molecular weight is 93.1 g/mol. The van der Waals surface area contributed by atoms with Gasteiger partial charge in [-0.15, -0.1) is 24.0 Å². The summed E-state index contributed by atoms with van der Waals surface area (Å²) in [6.45, 7) is 0. The van der Waals surface area contributed by atoms with Crippen LogP contribution in [0.1, 0.15) is 12.8 Å². The van der Waals surface area contributed by atoms with Gasteiger partial charge in [0.2, 0.25) is 0 Å². The highest BCUT2D eigenvalue weighted by molar-refractivity contribution is 5.16. The molecule has 0 radical (unpaired) electrons. The highest BCUT2D eigenvalue weighted by atomic mass is 14.3. The second-order valence-corrected chi connectivity index (χ2v) is 2.48. The van der Waals surface area contributed by atoms with E-state index in [1.54, 1.807) is 0 Å². The van der Waals surface area contributed by atoms with Crippen LogP contribution in [-0.2, 0) is 0 Å². The fourth-order valence-corrected chi connectivity index (χ4v) is 1.50. The fourth-order valence-electron chi connectivity index (χ4n) is 1.50. The minimum atomic E-state index is 0.866. The first kappa shape index (κ1) is 3.71. The number of hydrogen-bond acceptors (Lipinski definition) is 0. The Bertz CT molecular complexity index is 90.6. The Balaban J connectivity index is 2.27. The lowest BCUT2D eigenvalue weighted by Crippen LogP contribution is -1.82. The van der Waals surface area contributed by atoms with Gasteiger partial charge in [-0.3, -0.25) is 0 Å². The molecule has 0 N–H and O–H groups in total. The number of rotatable bonds is 0. The third-order valence-electron chi connectivity index (χ3n) is 1.93. The van der Waals surface area contributed by atoms with Crippen LogP contribution in [0.3, 0.4) is 0 Å². The van der Waals surface area contributed by atoms with Crippen LogP contribution in [0, 0.1) is 18.3 Å². The molecule has 7 heavy (non-hydrogen) atoms. The smallest absolute Gasteiger partial charge is 0.0763 e. The zero-order valence-corrected chi connectivity index (χ0v) is 4.30. The molecule has 1 saturated carbocycles. The van der Waals surface area contributed by atoms with Crippen molar-refractivity contribution in [1.82, 2.24) is 0 Å². The molecule has 0 nitrogen and oxygen atoms in total. The van der Waals surface area contributed by atoms with E-state index in [4.69, 9.17) is 0 Å². The van der Waals surface area contributed by atoms with Crippen LogP contribution < -0.4 is 0 Å². The Morgan fingerprint density at radius 1 is 1.14 bits per heavy atom. The Kier molecular flexibility index (Phi) is 0.592. The Hall–Kier alpha value is -0.260.